The molecule has 0 aliphatic heterocycles. The summed E-state index contributed by atoms with van der Waals surface area (Å²) in [6.07, 6.45) is 4.47. The predicted octanol–water partition coefficient (Wildman–Crippen LogP) is 3.47. The third-order valence-electron chi connectivity index (χ3n) is 3.78. The van der Waals surface area contributed by atoms with Gasteiger partial charge in [0.25, 0.3) is 0 Å². The largest absolute Gasteiger partial charge is 0.368 e. The summed E-state index contributed by atoms with van der Waals surface area (Å²) in [5.74, 6) is 1.07. The predicted molar refractivity (Wildman–Crippen MR) is 108 cm³/mol. The van der Waals surface area contributed by atoms with Crippen LogP contribution in [0.5, 0.6) is 0 Å². The Bertz CT molecular complexity index is 714. The van der Waals surface area contributed by atoms with Crippen molar-refractivity contribution in [3.05, 3.63) is 17.8 Å². The zero-order chi connectivity index (χ0) is 19.7. The summed E-state index contributed by atoms with van der Waals surface area (Å²) >= 11 is 0. The topological polar surface area (TPSA) is 106 Å². The maximum absolute atomic E-state index is 11.0. The number of fused-ring (bicyclic) bond motifs is 1. The first-order chi connectivity index (χ1) is 12.3. The van der Waals surface area contributed by atoms with E-state index in [1.165, 1.54) is 19.8 Å². The maximum atomic E-state index is 11.0. The van der Waals surface area contributed by atoms with E-state index in [1.807, 2.05) is 19.2 Å². The first kappa shape index (κ1) is 21.6. The fourth-order valence-electron chi connectivity index (χ4n) is 2.05. The summed E-state index contributed by atoms with van der Waals surface area (Å²) < 4.78 is 0. The van der Waals surface area contributed by atoms with Crippen LogP contribution >= 0.6 is 0 Å². The second-order valence-corrected chi connectivity index (χ2v) is 6.70. The SMILES string of the molecule is CC(=O)NC[C@H](C)Nc1nc(N)nc2cc(C(C)C)cnc12.CCCC. The van der Waals surface area contributed by atoms with Crippen molar-refractivity contribution in [1.82, 2.24) is 20.3 Å². The number of aromatic nitrogens is 3. The van der Waals surface area contributed by atoms with E-state index in [9.17, 15) is 4.79 Å². The number of amides is 1. The van der Waals surface area contributed by atoms with Gasteiger partial charge < -0.3 is 16.4 Å². The van der Waals surface area contributed by atoms with Gasteiger partial charge >= 0.3 is 0 Å². The highest BCUT2D eigenvalue weighted by atomic mass is 16.1. The second-order valence-electron chi connectivity index (χ2n) is 6.70. The molecule has 0 aliphatic rings. The van der Waals surface area contributed by atoms with Crippen LogP contribution < -0.4 is 16.4 Å². The molecule has 0 aliphatic carbocycles. The van der Waals surface area contributed by atoms with Crippen LogP contribution in [0.2, 0.25) is 0 Å². The highest BCUT2D eigenvalue weighted by molar-refractivity contribution is 5.86. The molecule has 0 fully saturated rings. The monoisotopic (exact) mass is 360 g/mol. The molecule has 0 unspecified atom stereocenters. The van der Waals surface area contributed by atoms with E-state index < -0.39 is 0 Å². The molecule has 144 valence electrons. The van der Waals surface area contributed by atoms with Gasteiger partial charge in [0, 0.05) is 25.7 Å². The highest BCUT2D eigenvalue weighted by Crippen LogP contribution is 2.23. The molecule has 0 spiro atoms. The van der Waals surface area contributed by atoms with E-state index in [-0.39, 0.29) is 17.9 Å². The molecule has 1 amide bonds. The molecule has 0 radical (unpaired) electrons. The van der Waals surface area contributed by atoms with Crippen molar-refractivity contribution in [3.8, 4) is 0 Å². The molecule has 0 bridgehead atoms. The van der Waals surface area contributed by atoms with E-state index in [1.54, 1.807) is 0 Å². The van der Waals surface area contributed by atoms with E-state index in [0.29, 0.717) is 29.3 Å². The molecule has 7 nitrogen and oxygen atoms in total. The Morgan fingerprint density at radius 2 is 1.85 bits per heavy atom. The minimum Gasteiger partial charge on any atom is -0.368 e. The summed E-state index contributed by atoms with van der Waals surface area (Å²) in [5, 5.41) is 5.98. The van der Waals surface area contributed by atoms with Crippen molar-refractivity contribution in [3.63, 3.8) is 0 Å². The molecular formula is C19H32N6O. The van der Waals surface area contributed by atoms with Gasteiger partial charge in [-0.25, -0.2) is 4.98 Å². The molecule has 0 aromatic carbocycles. The Morgan fingerprint density at radius 1 is 1.19 bits per heavy atom. The smallest absolute Gasteiger partial charge is 0.222 e. The average molecular weight is 361 g/mol. The molecule has 2 heterocycles. The highest BCUT2D eigenvalue weighted by Gasteiger charge is 2.12. The first-order valence-electron chi connectivity index (χ1n) is 9.22. The standard InChI is InChI=1S/C15H22N6O.C4H10/c1-8(2)11-5-12-13(18-7-11)14(21-15(16)20-12)19-9(3)6-17-10(4)22;1-3-4-2/h5,7-9H,6H2,1-4H3,(H,17,22)(H3,16,19,20,21);3-4H2,1-2H3/t9-;/m0./s1. The van der Waals surface area contributed by atoms with Crippen molar-refractivity contribution in [2.45, 2.75) is 66.3 Å². The van der Waals surface area contributed by atoms with Crippen LogP contribution in [0.3, 0.4) is 0 Å². The molecule has 2 aromatic heterocycles. The number of unbranched alkanes of at least 4 members (excludes halogenated alkanes) is 1. The van der Waals surface area contributed by atoms with Crippen LogP contribution in [-0.2, 0) is 4.79 Å². The van der Waals surface area contributed by atoms with Crippen LogP contribution in [0.4, 0.5) is 11.8 Å². The molecule has 7 heteroatoms. The van der Waals surface area contributed by atoms with E-state index in [2.05, 4.69) is 53.3 Å². The van der Waals surface area contributed by atoms with E-state index in [0.717, 1.165) is 5.56 Å². The zero-order valence-electron chi connectivity index (χ0n) is 16.8. The summed E-state index contributed by atoms with van der Waals surface area (Å²) in [7, 11) is 0. The van der Waals surface area contributed by atoms with Crippen LogP contribution in [0.1, 0.15) is 65.9 Å². The quantitative estimate of drug-likeness (QED) is 0.728. The van der Waals surface area contributed by atoms with Gasteiger partial charge in [-0.1, -0.05) is 40.5 Å². The van der Waals surface area contributed by atoms with Gasteiger partial charge in [0.05, 0.1) is 5.52 Å². The molecule has 0 saturated heterocycles. The lowest BCUT2D eigenvalue weighted by molar-refractivity contribution is -0.118. The lowest BCUT2D eigenvalue weighted by Crippen LogP contribution is -2.33. The van der Waals surface area contributed by atoms with Gasteiger partial charge in [0.2, 0.25) is 11.9 Å². The third-order valence-corrected chi connectivity index (χ3v) is 3.78. The Balaban J connectivity index is 0.000000765. The van der Waals surface area contributed by atoms with Gasteiger partial charge in [-0.3, -0.25) is 9.78 Å². The van der Waals surface area contributed by atoms with Crippen LogP contribution in [-0.4, -0.2) is 33.4 Å². The number of hydrogen-bond donors (Lipinski definition) is 3. The average Bonchev–Trinajstić information content (AvgIpc) is 2.59. The number of carbonyl (C=O) groups excluding carboxylic acids is 1. The van der Waals surface area contributed by atoms with Crippen molar-refractivity contribution < 1.29 is 4.79 Å². The normalized spacial score (nSPS) is 11.7. The number of rotatable bonds is 6. The summed E-state index contributed by atoms with van der Waals surface area (Å²) in [5.41, 5.74) is 8.28. The molecule has 2 rings (SSSR count). The van der Waals surface area contributed by atoms with Gasteiger partial charge in [-0.05, 0) is 24.5 Å². The molecule has 2 aromatic rings. The number of hydrogen-bond acceptors (Lipinski definition) is 6. The molecule has 4 N–H and O–H groups in total. The Kier molecular flexibility index (Phi) is 8.75. The fourth-order valence-corrected chi connectivity index (χ4v) is 2.05. The van der Waals surface area contributed by atoms with E-state index in [4.69, 9.17) is 5.73 Å². The lowest BCUT2D eigenvalue weighted by Gasteiger charge is -2.16. The Morgan fingerprint density at radius 3 is 2.38 bits per heavy atom. The van der Waals surface area contributed by atoms with Gasteiger partial charge in [0.1, 0.15) is 5.52 Å². The summed E-state index contributed by atoms with van der Waals surface area (Å²) in [4.78, 5) is 23.9. The van der Waals surface area contributed by atoms with Crippen LogP contribution in [0.15, 0.2) is 12.3 Å². The first-order valence-corrected chi connectivity index (χ1v) is 9.22. The van der Waals surface area contributed by atoms with Crippen molar-refractivity contribution in [1.29, 1.82) is 0 Å². The second kappa shape index (κ2) is 10.5. The minimum atomic E-state index is -0.0691. The van der Waals surface area contributed by atoms with Crippen molar-refractivity contribution >= 4 is 28.7 Å². The number of nitrogen functional groups attached to an aromatic ring is 1. The van der Waals surface area contributed by atoms with Gasteiger partial charge in [0.15, 0.2) is 5.82 Å². The number of nitrogens with two attached hydrogens (primary N) is 1. The number of carbonyl (C=O) groups is 1. The molecular weight excluding hydrogens is 328 g/mol. The van der Waals surface area contributed by atoms with Crippen molar-refractivity contribution in [2.75, 3.05) is 17.6 Å². The van der Waals surface area contributed by atoms with Gasteiger partial charge in [-0.15, -0.1) is 0 Å². The fraction of sp³-hybridized carbons (Fsp3) is 0.579. The van der Waals surface area contributed by atoms with Crippen LogP contribution in [0.25, 0.3) is 11.0 Å². The third kappa shape index (κ3) is 6.82. The summed E-state index contributed by atoms with van der Waals surface area (Å²) in [6.45, 7) is 12.5. The maximum Gasteiger partial charge on any atom is 0.222 e. The van der Waals surface area contributed by atoms with Crippen molar-refractivity contribution in [2.24, 2.45) is 0 Å². The lowest BCUT2D eigenvalue weighted by atomic mass is 10.1. The van der Waals surface area contributed by atoms with E-state index >= 15 is 0 Å². The number of anilines is 2. The summed E-state index contributed by atoms with van der Waals surface area (Å²) in [6, 6.07) is 1.97. The van der Waals surface area contributed by atoms with Gasteiger partial charge in [-0.2, -0.15) is 4.98 Å². The Labute approximate surface area is 156 Å². The molecule has 26 heavy (non-hydrogen) atoms. The molecule has 0 saturated carbocycles. The number of pyridine rings is 1. The minimum absolute atomic E-state index is 0.00650. The zero-order valence-corrected chi connectivity index (χ0v) is 16.8. The molecule has 1 atom stereocenters. The number of nitrogens with zero attached hydrogens (tertiary/aromatic N) is 3. The Hall–Kier alpha value is -2.44. The number of nitrogens with one attached hydrogen (secondary N) is 2. The van der Waals surface area contributed by atoms with Crippen LogP contribution in [0, 0.1) is 0 Å².